The summed E-state index contributed by atoms with van der Waals surface area (Å²) in [6, 6.07) is 11.0. The monoisotopic (exact) mass is 440 g/mol. The average Bonchev–Trinajstić information content (AvgIpc) is 3.52. The van der Waals surface area contributed by atoms with Crippen LogP contribution in [0.3, 0.4) is 0 Å². The quantitative estimate of drug-likeness (QED) is 0.515. The first-order valence-electron chi connectivity index (χ1n) is 9.81. The SMILES string of the molecule is N#Cc1ccc(NC(=O)C(=NO[C@@H]2CCOC2)c2ccc(S(=O)(=O)C3CC3)cc2)nc1. The van der Waals surface area contributed by atoms with Crippen molar-refractivity contribution in [3.63, 3.8) is 0 Å². The van der Waals surface area contributed by atoms with Crippen molar-refractivity contribution in [2.75, 3.05) is 18.5 Å². The predicted octanol–water partition coefficient (Wildman–Crippen LogP) is 2.04. The Morgan fingerprint density at radius 1 is 1.19 bits per heavy atom. The fraction of sp³-hybridized carbons (Fsp3) is 0.333. The van der Waals surface area contributed by atoms with Crippen molar-refractivity contribution in [2.45, 2.75) is 35.5 Å². The van der Waals surface area contributed by atoms with Gasteiger partial charge in [0.1, 0.15) is 11.9 Å². The molecule has 0 spiro atoms. The van der Waals surface area contributed by atoms with E-state index in [0.29, 0.717) is 43.6 Å². The highest BCUT2D eigenvalue weighted by molar-refractivity contribution is 7.92. The van der Waals surface area contributed by atoms with E-state index >= 15 is 0 Å². The van der Waals surface area contributed by atoms with E-state index in [-0.39, 0.29) is 27.8 Å². The van der Waals surface area contributed by atoms with Gasteiger partial charge in [0.2, 0.25) is 0 Å². The normalized spacial score (nSPS) is 18.9. The molecule has 1 saturated carbocycles. The zero-order valence-corrected chi connectivity index (χ0v) is 17.3. The van der Waals surface area contributed by atoms with Crippen molar-refractivity contribution in [1.29, 1.82) is 5.26 Å². The van der Waals surface area contributed by atoms with Crippen LogP contribution in [-0.4, -0.2) is 49.6 Å². The van der Waals surface area contributed by atoms with Gasteiger partial charge < -0.3 is 14.9 Å². The molecule has 2 heterocycles. The second-order valence-electron chi connectivity index (χ2n) is 7.30. The highest BCUT2D eigenvalue weighted by Crippen LogP contribution is 2.33. The van der Waals surface area contributed by atoms with Crippen LogP contribution in [-0.2, 0) is 24.2 Å². The van der Waals surface area contributed by atoms with E-state index < -0.39 is 15.7 Å². The Morgan fingerprint density at radius 3 is 2.55 bits per heavy atom. The molecule has 10 heteroatoms. The molecular formula is C21H20N4O5S. The molecule has 1 amide bonds. The van der Waals surface area contributed by atoms with Gasteiger partial charge >= 0.3 is 0 Å². The van der Waals surface area contributed by atoms with Crippen LogP contribution in [0.15, 0.2) is 52.6 Å². The van der Waals surface area contributed by atoms with Crippen molar-refractivity contribution in [1.82, 2.24) is 4.98 Å². The summed E-state index contributed by atoms with van der Waals surface area (Å²) < 4.78 is 30.1. The largest absolute Gasteiger partial charge is 0.389 e. The Hall–Kier alpha value is -3.29. The van der Waals surface area contributed by atoms with Crippen LogP contribution in [0.5, 0.6) is 0 Å². The first-order valence-corrected chi connectivity index (χ1v) is 11.4. The number of anilines is 1. The second kappa shape index (κ2) is 8.83. The molecule has 4 rings (SSSR count). The van der Waals surface area contributed by atoms with E-state index in [1.807, 2.05) is 6.07 Å². The summed E-state index contributed by atoms with van der Waals surface area (Å²) in [4.78, 5) is 22.6. The van der Waals surface area contributed by atoms with Crippen molar-refractivity contribution in [2.24, 2.45) is 5.16 Å². The van der Waals surface area contributed by atoms with Gasteiger partial charge in [0, 0.05) is 18.2 Å². The summed E-state index contributed by atoms with van der Waals surface area (Å²) in [5.41, 5.74) is 0.747. The summed E-state index contributed by atoms with van der Waals surface area (Å²) >= 11 is 0. The summed E-state index contributed by atoms with van der Waals surface area (Å²) in [7, 11) is -3.33. The summed E-state index contributed by atoms with van der Waals surface area (Å²) in [6.45, 7) is 0.943. The van der Waals surface area contributed by atoms with E-state index in [1.165, 1.54) is 42.6 Å². The smallest absolute Gasteiger partial charge is 0.279 e. The van der Waals surface area contributed by atoms with E-state index in [0.717, 1.165) is 0 Å². The van der Waals surface area contributed by atoms with E-state index in [4.69, 9.17) is 14.8 Å². The lowest BCUT2D eigenvalue weighted by atomic mass is 10.1. The Morgan fingerprint density at radius 2 is 1.97 bits per heavy atom. The number of rotatable bonds is 7. The molecule has 0 radical (unpaired) electrons. The van der Waals surface area contributed by atoms with E-state index in [2.05, 4.69) is 15.5 Å². The van der Waals surface area contributed by atoms with Gasteiger partial charge in [-0.3, -0.25) is 4.79 Å². The lowest BCUT2D eigenvalue weighted by molar-refractivity contribution is -0.110. The van der Waals surface area contributed by atoms with Crippen molar-refractivity contribution in [3.8, 4) is 6.07 Å². The van der Waals surface area contributed by atoms with Crippen LogP contribution < -0.4 is 5.32 Å². The number of pyridine rings is 1. The third kappa shape index (κ3) is 4.90. The fourth-order valence-electron chi connectivity index (χ4n) is 3.03. The lowest BCUT2D eigenvalue weighted by Gasteiger charge is -2.11. The molecule has 2 fully saturated rings. The van der Waals surface area contributed by atoms with Gasteiger partial charge in [0.05, 0.1) is 28.9 Å². The predicted molar refractivity (Wildman–Crippen MR) is 111 cm³/mol. The van der Waals surface area contributed by atoms with Crippen LogP contribution in [0.4, 0.5) is 5.82 Å². The molecule has 1 saturated heterocycles. The third-order valence-electron chi connectivity index (χ3n) is 4.95. The standard InChI is InChI=1S/C21H20N4O5S/c22-11-14-1-8-19(23-12-14)24-21(26)20(25-30-16-9-10-29-13-16)15-2-4-17(5-3-15)31(27,28)18-6-7-18/h1-5,8,12,16,18H,6-7,9-10,13H2,(H,23,24,26)/t16-/m1/s1. The minimum Gasteiger partial charge on any atom is -0.389 e. The number of amides is 1. The first kappa shape index (κ1) is 21.0. The van der Waals surface area contributed by atoms with Gasteiger partial charge in [0.15, 0.2) is 21.7 Å². The average molecular weight is 440 g/mol. The highest BCUT2D eigenvalue weighted by atomic mass is 32.2. The van der Waals surface area contributed by atoms with Gasteiger partial charge in [-0.25, -0.2) is 13.4 Å². The number of hydrogen-bond donors (Lipinski definition) is 1. The molecule has 1 atom stereocenters. The second-order valence-corrected chi connectivity index (χ2v) is 9.53. The molecule has 1 aliphatic heterocycles. The molecule has 160 valence electrons. The molecule has 1 N–H and O–H groups in total. The minimum atomic E-state index is -3.33. The first-order chi connectivity index (χ1) is 15.0. The highest BCUT2D eigenvalue weighted by Gasteiger charge is 2.36. The number of oxime groups is 1. The molecule has 2 aromatic rings. The Bertz CT molecular complexity index is 1130. The number of sulfone groups is 1. The van der Waals surface area contributed by atoms with Gasteiger partial charge in [-0.1, -0.05) is 17.3 Å². The molecule has 1 aromatic heterocycles. The zero-order valence-electron chi connectivity index (χ0n) is 16.5. The molecule has 1 aromatic carbocycles. The minimum absolute atomic E-state index is 0.0200. The van der Waals surface area contributed by atoms with Gasteiger partial charge in [-0.05, 0) is 37.1 Å². The molecule has 31 heavy (non-hydrogen) atoms. The van der Waals surface area contributed by atoms with Crippen molar-refractivity contribution >= 4 is 27.3 Å². The Balaban J connectivity index is 1.57. The van der Waals surface area contributed by atoms with Crippen LogP contribution in [0, 0.1) is 11.3 Å². The van der Waals surface area contributed by atoms with Gasteiger partial charge in [-0.15, -0.1) is 0 Å². The van der Waals surface area contributed by atoms with Crippen molar-refractivity contribution in [3.05, 3.63) is 53.7 Å². The number of nitrogens with one attached hydrogen (secondary N) is 1. The lowest BCUT2D eigenvalue weighted by Crippen LogP contribution is -2.25. The molecule has 1 aliphatic carbocycles. The number of aromatic nitrogens is 1. The number of ether oxygens (including phenoxy) is 1. The number of nitriles is 1. The maximum absolute atomic E-state index is 12.9. The molecular weight excluding hydrogens is 420 g/mol. The fourth-order valence-corrected chi connectivity index (χ4v) is 4.69. The van der Waals surface area contributed by atoms with E-state index in [9.17, 15) is 13.2 Å². The van der Waals surface area contributed by atoms with Crippen LogP contribution in [0.2, 0.25) is 0 Å². The summed E-state index contributed by atoms with van der Waals surface area (Å²) in [5.74, 6) is -0.331. The summed E-state index contributed by atoms with van der Waals surface area (Å²) in [5, 5.41) is 15.2. The van der Waals surface area contributed by atoms with E-state index in [1.54, 1.807) is 0 Å². The topological polar surface area (TPSA) is 131 Å². The molecule has 2 aliphatic rings. The Labute approximate surface area is 179 Å². The number of hydrogen-bond acceptors (Lipinski definition) is 8. The number of benzene rings is 1. The van der Waals surface area contributed by atoms with Crippen LogP contribution in [0.25, 0.3) is 0 Å². The maximum Gasteiger partial charge on any atom is 0.279 e. The van der Waals surface area contributed by atoms with Crippen LogP contribution >= 0.6 is 0 Å². The molecule has 0 unspecified atom stereocenters. The van der Waals surface area contributed by atoms with Gasteiger partial charge in [0.25, 0.3) is 5.91 Å². The number of carbonyl (C=O) groups is 1. The third-order valence-corrected chi connectivity index (χ3v) is 7.23. The maximum atomic E-state index is 12.9. The molecule has 9 nitrogen and oxygen atoms in total. The van der Waals surface area contributed by atoms with Gasteiger partial charge in [-0.2, -0.15) is 5.26 Å². The number of carbonyl (C=O) groups excluding carboxylic acids is 1. The van der Waals surface area contributed by atoms with Crippen molar-refractivity contribution < 1.29 is 22.8 Å². The van der Waals surface area contributed by atoms with Crippen LogP contribution in [0.1, 0.15) is 30.4 Å². The Kier molecular flexibility index (Phi) is 5.97. The molecule has 0 bridgehead atoms. The zero-order chi connectivity index (χ0) is 21.8. The number of nitrogens with zero attached hydrogens (tertiary/aromatic N) is 3. The summed E-state index contributed by atoms with van der Waals surface area (Å²) in [6.07, 6.45) is 3.09.